The van der Waals surface area contributed by atoms with Gasteiger partial charge in [0, 0.05) is 44.3 Å². The van der Waals surface area contributed by atoms with Crippen LogP contribution in [-0.2, 0) is 4.74 Å². The number of alkyl halides is 1. The summed E-state index contributed by atoms with van der Waals surface area (Å²) in [5.41, 5.74) is -0.734. The minimum atomic E-state index is -0.621. The number of carbonyl (C=O) groups excluding carboxylic acids is 2. The van der Waals surface area contributed by atoms with E-state index in [1.165, 1.54) is 0 Å². The number of nitrogens with zero attached hydrogens (tertiary/aromatic N) is 5. The number of rotatable bonds is 4. The fourth-order valence-electron chi connectivity index (χ4n) is 5.30. The summed E-state index contributed by atoms with van der Waals surface area (Å²) in [7, 11) is 1.90. The number of fused-ring (bicyclic) bond motifs is 2. The second-order valence-corrected chi connectivity index (χ2v) is 12.3. The first-order valence-corrected chi connectivity index (χ1v) is 13.3. The summed E-state index contributed by atoms with van der Waals surface area (Å²) < 4.78 is 24.7. The molecule has 1 unspecified atom stereocenters. The number of likely N-dealkylation sites (N-methyl/N-ethyl adjacent to an activating group) is 1. The average Bonchev–Trinajstić information content (AvgIpc) is 3.04. The molecule has 2 amide bonds. The highest BCUT2D eigenvalue weighted by atomic mass is 35.5. The zero-order valence-corrected chi connectivity index (χ0v) is 23.8. The molecule has 0 saturated carbocycles. The average molecular weight is 560 g/mol. The summed E-state index contributed by atoms with van der Waals surface area (Å²) in [6, 6.07) is -0.316. The molecule has 2 saturated heterocycles. The van der Waals surface area contributed by atoms with Crippen molar-refractivity contribution in [2.45, 2.75) is 64.3 Å². The van der Waals surface area contributed by atoms with Crippen LogP contribution in [0.2, 0.25) is 10.2 Å². The maximum atomic E-state index is 14.0. The van der Waals surface area contributed by atoms with E-state index in [0.717, 1.165) is 6.42 Å². The summed E-state index contributed by atoms with van der Waals surface area (Å²) in [5.74, 6) is 0.348. The van der Waals surface area contributed by atoms with E-state index in [1.54, 1.807) is 9.80 Å². The Morgan fingerprint density at radius 2 is 1.97 bits per heavy atom. The highest BCUT2D eigenvalue weighted by Crippen LogP contribution is 2.45. The summed E-state index contributed by atoms with van der Waals surface area (Å²) in [5, 5.41) is 0.135. The molecule has 12 heteroatoms. The second kappa shape index (κ2) is 10.3. The molecule has 1 aromatic rings. The third kappa shape index (κ3) is 5.56. The molecule has 0 aromatic carbocycles. The van der Waals surface area contributed by atoms with Crippen LogP contribution < -0.4 is 9.64 Å². The molecule has 4 heterocycles. The number of anilines is 1. The molecule has 0 N–H and O–H groups in total. The molecule has 3 aliphatic heterocycles. The van der Waals surface area contributed by atoms with Gasteiger partial charge in [-0.3, -0.25) is 9.69 Å². The zero-order chi connectivity index (χ0) is 27.3. The number of hydrogen-bond donors (Lipinski definition) is 0. The van der Waals surface area contributed by atoms with Crippen LogP contribution in [0.4, 0.5) is 15.0 Å². The number of amides is 2. The van der Waals surface area contributed by atoms with Gasteiger partial charge in [-0.1, -0.05) is 23.2 Å². The van der Waals surface area contributed by atoms with Crippen molar-refractivity contribution >= 4 is 41.0 Å². The van der Waals surface area contributed by atoms with Crippen LogP contribution in [0.1, 0.15) is 51.4 Å². The van der Waals surface area contributed by atoms with Gasteiger partial charge in [-0.2, -0.15) is 0 Å². The van der Waals surface area contributed by atoms with E-state index < -0.39 is 18.4 Å². The van der Waals surface area contributed by atoms with Gasteiger partial charge >= 0.3 is 6.09 Å². The number of piperazine rings is 1. The van der Waals surface area contributed by atoms with E-state index in [-0.39, 0.29) is 58.2 Å². The van der Waals surface area contributed by atoms with E-state index in [0.29, 0.717) is 32.0 Å². The van der Waals surface area contributed by atoms with Crippen molar-refractivity contribution in [2.75, 3.05) is 58.0 Å². The highest BCUT2D eigenvalue weighted by Gasteiger charge is 2.46. The van der Waals surface area contributed by atoms with Gasteiger partial charge in [-0.15, -0.1) is 0 Å². The molecular weight excluding hydrogens is 524 g/mol. The lowest BCUT2D eigenvalue weighted by molar-refractivity contribution is 0.000952. The largest absolute Gasteiger partial charge is 0.489 e. The topological polar surface area (TPSA) is 78.5 Å². The maximum absolute atomic E-state index is 14.0. The zero-order valence-electron chi connectivity index (χ0n) is 22.3. The lowest BCUT2D eigenvalue weighted by Crippen LogP contribution is -2.58. The molecule has 4 rings (SSSR count). The SMILES string of the molecule is CN(CCF)C1CN(c2nc(Cl)c(Cl)c3c2C(=O)N2CCN(C(=O)OC(C)(C)C)C[C@@H]2CO3)C(C)(C)C1. The molecule has 0 spiro atoms. The maximum Gasteiger partial charge on any atom is 0.410 e. The fraction of sp³-hybridized carbons (Fsp3) is 0.720. The third-order valence-corrected chi connectivity index (χ3v) is 7.96. The predicted molar refractivity (Wildman–Crippen MR) is 141 cm³/mol. The molecule has 37 heavy (non-hydrogen) atoms. The molecule has 1 aromatic heterocycles. The van der Waals surface area contributed by atoms with E-state index in [4.69, 9.17) is 32.7 Å². The van der Waals surface area contributed by atoms with Crippen LogP contribution in [0, 0.1) is 0 Å². The van der Waals surface area contributed by atoms with Crippen molar-refractivity contribution in [3.8, 4) is 5.75 Å². The monoisotopic (exact) mass is 559 g/mol. The molecule has 2 fully saturated rings. The fourth-order valence-corrected chi connectivity index (χ4v) is 5.66. The van der Waals surface area contributed by atoms with Crippen molar-refractivity contribution in [1.29, 1.82) is 0 Å². The molecule has 0 bridgehead atoms. The molecule has 0 aliphatic carbocycles. The molecule has 206 valence electrons. The van der Waals surface area contributed by atoms with Gasteiger partial charge < -0.3 is 24.2 Å². The van der Waals surface area contributed by atoms with Crippen LogP contribution in [0.15, 0.2) is 0 Å². The first-order valence-electron chi connectivity index (χ1n) is 12.6. The van der Waals surface area contributed by atoms with Crippen molar-refractivity contribution < 1.29 is 23.5 Å². The predicted octanol–water partition coefficient (Wildman–Crippen LogP) is 4.10. The second-order valence-electron chi connectivity index (χ2n) is 11.6. The Kier molecular flexibility index (Phi) is 7.76. The third-order valence-electron chi connectivity index (χ3n) is 7.24. The molecule has 3 aliphatic rings. The summed E-state index contributed by atoms with van der Waals surface area (Å²) in [6.45, 7) is 11.1. The normalized spacial score (nSPS) is 23.5. The van der Waals surface area contributed by atoms with Crippen molar-refractivity contribution in [3.05, 3.63) is 15.7 Å². The molecule has 0 radical (unpaired) electrons. The summed E-state index contributed by atoms with van der Waals surface area (Å²) in [4.78, 5) is 38.6. The van der Waals surface area contributed by atoms with Gasteiger partial charge in [0.2, 0.25) is 0 Å². The number of ether oxygens (including phenoxy) is 2. The Labute approximate surface area is 227 Å². The van der Waals surface area contributed by atoms with Crippen LogP contribution in [0.25, 0.3) is 0 Å². The Bertz CT molecular complexity index is 1070. The van der Waals surface area contributed by atoms with Crippen molar-refractivity contribution in [3.63, 3.8) is 0 Å². The molecular formula is C25H36Cl2FN5O4. The van der Waals surface area contributed by atoms with Gasteiger partial charge in [0.1, 0.15) is 35.3 Å². The van der Waals surface area contributed by atoms with Gasteiger partial charge in [0.25, 0.3) is 5.91 Å². The van der Waals surface area contributed by atoms with Crippen LogP contribution >= 0.6 is 23.2 Å². The minimum Gasteiger partial charge on any atom is -0.489 e. The first-order chi connectivity index (χ1) is 17.2. The Balaban J connectivity index is 1.66. The van der Waals surface area contributed by atoms with Gasteiger partial charge in [-0.05, 0) is 48.1 Å². The number of aromatic nitrogens is 1. The lowest BCUT2D eigenvalue weighted by atomic mass is 9.99. The van der Waals surface area contributed by atoms with Gasteiger partial charge in [0.05, 0.1) is 6.04 Å². The lowest BCUT2D eigenvalue weighted by Gasteiger charge is -2.40. The van der Waals surface area contributed by atoms with Crippen LogP contribution in [0.3, 0.4) is 0 Å². The van der Waals surface area contributed by atoms with Gasteiger partial charge in [-0.25, -0.2) is 14.2 Å². The first kappa shape index (κ1) is 28.0. The van der Waals surface area contributed by atoms with Gasteiger partial charge in [0.15, 0.2) is 10.9 Å². The summed E-state index contributed by atoms with van der Waals surface area (Å²) in [6.07, 6.45) is 0.332. The van der Waals surface area contributed by atoms with E-state index in [1.807, 2.05) is 37.6 Å². The highest BCUT2D eigenvalue weighted by molar-refractivity contribution is 6.42. The van der Waals surface area contributed by atoms with E-state index in [2.05, 4.69) is 18.8 Å². The minimum absolute atomic E-state index is 0.0508. The molecule has 9 nitrogen and oxygen atoms in total. The standard InChI is InChI=1S/C25H36Cl2FN5O4/c1-24(2,3)37-23(35)31-9-10-32-16(12-31)14-36-19-17(22(32)34)21(29-20(27)18(19)26)33-13-15(11-25(33,4)5)30(6)8-7-28/h15-16H,7-14H2,1-6H3/t15?,16-/m1/s1. The summed E-state index contributed by atoms with van der Waals surface area (Å²) >= 11 is 13.0. The van der Waals surface area contributed by atoms with Crippen molar-refractivity contribution in [1.82, 2.24) is 19.7 Å². The Hall–Kier alpha value is -2.04. The number of carbonyl (C=O) groups is 2. The van der Waals surface area contributed by atoms with Crippen molar-refractivity contribution in [2.24, 2.45) is 0 Å². The Morgan fingerprint density at radius 1 is 1.27 bits per heavy atom. The van der Waals surface area contributed by atoms with E-state index in [9.17, 15) is 14.0 Å². The number of hydrogen-bond acceptors (Lipinski definition) is 7. The van der Waals surface area contributed by atoms with Crippen LogP contribution in [0.5, 0.6) is 5.75 Å². The molecule has 2 atom stereocenters. The van der Waals surface area contributed by atoms with E-state index >= 15 is 0 Å². The Morgan fingerprint density at radius 3 is 2.62 bits per heavy atom. The number of halogens is 3. The smallest absolute Gasteiger partial charge is 0.410 e. The quantitative estimate of drug-likeness (QED) is 0.514. The van der Waals surface area contributed by atoms with Crippen LogP contribution in [-0.4, -0.2) is 108 Å². The number of pyridine rings is 1.